The molecule has 0 radical (unpaired) electrons. The SMILES string of the molecule is CN1CC[C@H](C#N)[C@H](C(=O)O)C1. The Morgan fingerprint density at radius 1 is 1.75 bits per heavy atom. The van der Waals surface area contributed by atoms with Gasteiger partial charge in [-0.05, 0) is 20.0 Å². The lowest BCUT2D eigenvalue weighted by Gasteiger charge is -2.30. The lowest BCUT2D eigenvalue weighted by Crippen LogP contribution is -2.41. The molecule has 0 saturated carbocycles. The van der Waals surface area contributed by atoms with Gasteiger partial charge in [-0.15, -0.1) is 0 Å². The van der Waals surface area contributed by atoms with Crippen LogP contribution >= 0.6 is 0 Å². The number of nitrogens with zero attached hydrogens (tertiary/aromatic N) is 2. The highest BCUT2D eigenvalue weighted by atomic mass is 16.4. The second kappa shape index (κ2) is 3.55. The van der Waals surface area contributed by atoms with Crippen LogP contribution in [0, 0.1) is 23.2 Å². The fourth-order valence-corrected chi connectivity index (χ4v) is 1.52. The summed E-state index contributed by atoms with van der Waals surface area (Å²) < 4.78 is 0. The van der Waals surface area contributed by atoms with E-state index in [0.717, 1.165) is 6.54 Å². The molecule has 4 nitrogen and oxygen atoms in total. The van der Waals surface area contributed by atoms with Gasteiger partial charge in [0.2, 0.25) is 0 Å². The van der Waals surface area contributed by atoms with Crippen LogP contribution < -0.4 is 0 Å². The molecular formula is C8H12N2O2. The molecule has 2 atom stereocenters. The molecule has 0 aromatic heterocycles. The number of likely N-dealkylation sites (tertiary alicyclic amines) is 1. The third-order valence-corrected chi connectivity index (χ3v) is 2.30. The number of rotatable bonds is 1. The van der Waals surface area contributed by atoms with Crippen molar-refractivity contribution in [2.24, 2.45) is 11.8 Å². The molecule has 1 saturated heterocycles. The van der Waals surface area contributed by atoms with Gasteiger partial charge < -0.3 is 10.0 Å². The molecule has 0 spiro atoms. The maximum absolute atomic E-state index is 10.7. The molecule has 66 valence electrons. The minimum Gasteiger partial charge on any atom is -0.481 e. The number of nitriles is 1. The van der Waals surface area contributed by atoms with Crippen LogP contribution in [0.15, 0.2) is 0 Å². The average Bonchev–Trinajstić information content (AvgIpc) is 2.04. The number of carboxylic acids is 1. The predicted octanol–water partition coefficient (Wildman–Crippen LogP) is 0.162. The summed E-state index contributed by atoms with van der Waals surface area (Å²) in [5.41, 5.74) is 0. The molecule has 4 heteroatoms. The molecule has 0 aromatic carbocycles. The minimum absolute atomic E-state index is 0.307. The molecule has 1 fully saturated rings. The van der Waals surface area contributed by atoms with Gasteiger partial charge in [0.1, 0.15) is 0 Å². The van der Waals surface area contributed by atoms with E-state index in [4.69, 9.17) is 10.4 Å². The van der Waals surface area contributed by atoms with Crippen molar-refractivity contribution in [1.82, 2.24) is 4.90 Å². The Balaban J connectivity index is 2.66. The number of hydrogen-bond acceptors (Lipinski definition) is 3. The van der Waals surface area contributed by atoms with E-state index in [9.17, 15) is 4.79 Å². The lowest BCUT2D eigenvalue weighted by molar-refractivity contribution is -0.144. The van der Waals surface area contributed by atoms with Gasteiger partial charge in [-0.25, -0.2) is 0 Å². The number of carbonyl (C=O) groups is 1. The number of aliphatic carboxylic acids is 1. The van der Waals surface area contributed by atoms with E-state index in [1.54, 1.807) is 0 Å². The Morgan fingerprint density at radius 2 is 2.42 bits per heavy atom. The molecule has 0 unspecified atom stereocenters. The van der Waals surface area contributed by atoms with Crippen LogP contribution in [0.5, 0.6) is 0 Å². The van der Waals surface area contributed by atoms with Crippen LogP contribution in [-0.2, 0) is 4.79 Å². The number of carboxylic acid groups (broad SMARTS) is 1. The number of hydrogen-bond donors (Lipinski definition) is 1. The first kappa shape index (κ1) is 9.01. The van der Waals surface area contributed by atoms with Crippen molar-refractivity contribution in [2.45, 2.75) is 6.42 Å². The first-order valence-corrected chi connectivity index (χ1v) is 3.96. The summed E-state index contributed by atoms with van der Waals surface area (Å²) in [6.45, 7) is 1.32. The van der Waals surface area contributed by atoms with Gasteiger partial charge >= 0.3 is 5.97 Å². The number of piperidine rings is 1. The standard InChI is InChI=1S/C8H12N2O2/c1-10-3-2-6(4-9)7(5-10)8(11)12/h6-7H,2-3,5H2,1H3,(H,11,12)/t6-,7-/m1/s1. The van der Waals surface area contributed by atoms with Gasteiger partial charge in [0.25, 0.3) is 0 Å². The minimum atomic E-state index is -0.854. The fraction of sp³-hybridized carbons (Fsp3) is 0.750. The van der Waals surface area contributed by atoms with E-state index in [-0.39, 0.29) is 5.92 Å². The van der Waals surface area contributed by atoms with Crippen LogP contribution in [0.25, 0.3) is 0 Å². The molecule has 0 bridgehead atoms. The molecular weight excluding hydrogens is 156 g/mol. The first-order chi connectivity index (χ1) is 5.65. The third-order valence-electron chi connectivity index (χ3n) is 2.30. The van der Waals surface area contributed by atoms with E-state index in [1.165, 1.54) is 0 Å². The topological polar surface area (TPSA) is 64.3 Å². The Kier molecular flexibility index (Phi) is 2.66. The summed E-state index contributed by atoms with van der Waals surface area (Å²) >= 11 is 0. The average molecular weight is 168 g/mol. The zero-order valence-corrected chi connectivity index (χ0v) is 7.03. The van der Waals surface area contributed by atoms with Crippen molar-refractivity contribution in [3.05, 3.63) is 0 Å². The van der Waals surface area contributed by atoms with Crippen LogP contribution in [-0.4, -0.2) is 36.1 Å². The summed E-state index contributed by atoms with van der Waals surface area (Å²) in [6.07, 6.45) is 0.671. The Hall–Kier alpha value is -1.08. The third kappa shape index (κ3) is 1.74. The smallest absolute Gasteiger partial charge is 0.309 e. The molecule has 1 aliphatic rings. The van der Waals surface area contributed by atoms with Gasteiger partial charge in [0.05, 0.1) is 17.9 Å². The summed E-state index contributed by atoms with van der Waals surface area (Å²) in [4.78, 5) is 12.6. The summed E-state index contributed by atoms with van der Waals surface area (Å²) in [5, 5.41) is 17.4. The van der Waals surface area contributed by atoms with Crippen molar-refractivity contribution in [1.29, 1.82) is 5.26 Å². The molecule has 1 aliphatic heterocycles. The van der Waals surface area contributed by atoms with Crippen LogP contribution in [0.1, 0.15) is 6.42 Å². The Bertz CT molecular complexity index is 222. The van der Waals surface area contributed by atoms with Crippen LogP contribution in [0.2, 0.25) is 0 Å². The van der Waals surface area contributed by atoms with Crippen LogP contribution in [0.3, 0.4) is 0 Å². The van der Waals surface area contributed by atoms with Crippen molar-refractivity contribution >= 4 is 5.97 Å². The van der Waals surface area contributed by atoms with E-state index in [1.807, 2.05) is 18.0 Å². The highest BCUT2D eigenvalue weighted by Gasteiger charge is 2.32. The summed E-state index contributed by atoms with van der Waals surface area (Å²) in [6, 6.07) is 2.05. The van der Waals surface area contributed by atoms with Gasteiger partial charge in [-0.2, -0.15) is 5.26 Å². The molecule has 0 amide bonds. The molecule has 1 heterocycles. The van der Waals surface area contributed by atoms with Gasteiger partial charge in [-0.1, -0.05) is 0 Å². The van der Waals surface area contributed by atoms with E-state index < -0.39 is 11.9 Å². The fourth-order valence-electron chi connectivity index (χ4n) is 1.52. The quantitative estimate of drug-likeness (QED) is 0.605. The monoisotopic (exact) mass is 168 g/mol. The second-order valence-corrected chi connectivity index (χ2v) is 3.23. The predicted molar refractivity (Wildman–Crippen MR) is 42.3 cm³/mol. The van der Waals surface area contributed by atoms with Gasteiger partial charge in [0.15, 0.2) is 0 Å². The highest BCUT2D eigenvalue weighted by Crippen LogP contribution is 2.21. The van der Waals surface area contributed by atoms with Crippen molar-refractivity contribution in [3.8, 4) is 6.07 Å². The zero-order valence-electron chi connectivity index (χ0n) is 7.03. The molecule has 0 aromatic rings. The van der Waals surface area contributed by atoms with Gasteiger partial charge in [0, 0.05) is 6.54 Å². The summed E-state index contributed by atoms with van der Waals surface area (Å²) in [5.74, 6) is -1.67. The first-order valence-electron chi connectivity index (χ1n) is 3.96. The van der Waals surface area contributed by atoms with E-state index >= 15 is 0 Å². The Labute approximate surface area is 71.4 Å². The largest absolute Gasteiger partial charge is 0.481 e. The summed E-state index contributed by atoms with van der Waals surface area (Å²) in [7, 11) is 1.88. The maximum Gasteiger partial charge on any atom is 0.309 e. The molecule has 0 aliphatic carbocycles. The maximum atomic E-state index is 10.7. The molecule has 12 heavy (non-hydrogen) atoms. The zero-order chi connectivity index (χ0) is 9.14. The van der Waals surface area contributed by atoms with E-state index in [0.29, 0.717) is 13.0 Å². The molecule has 1 N–H and O–H groups in total. The normalized spacial score (nSPS) is 31.0. The van der Waals surface area contributed by atoms with Crippen molar-refractivity contribution in [3.63, 3.8) is 0 Å². The van der Waals surface area contributed by atoms with Gasteiger partial charge in [-0.3, -0.25) is 4.79 Å². The second-order valence-electron chi connectivity index (χ2n) is 3.23. The van der Waals surface area contributed by atoms with Crippen molar-refractivity contribution < 1.29 is 9.90 Å². The van der Waals surface area contributed by atoms with Crippen molar-refractivity contribution in [2.75, 3.05) is 20.1 Å². The highest BCUT2D eigenvalue weighted by molar-refractivity contribution is 5.71. The van der Waals surface area contributed by atoms with Crippen LogP contribution in [0.4, 0.5) is 0 Å². The molecule has 1 rings (SSSR count). The Morgan fingerprint density at radius 3 is 2.92 bits per heavy atom. The lowest BCUT2D eigenvalue weighted by atomic mass is 9.87. The van der Waals surface area contributed by atoms with E-state index in [2.05, 4.69) is 0 Å².